The van der Waals surface area contributed by atoms with Crippen LogP contribution in [0, 0.1) is 5.41 Å². The van der Waals surface area contributed by atoms with E-state index in [1.165, 1.54) is 0 Å². The van der Waals surface area contributed by atoms with Crippen LogP contribution in [0.3, 0.4) is 0 Å². The second-order valence-corrected chi connectivity index (χ2v) is 8.95. The number of pyridine rings is 1. The van der Waals surface area contributed by atoms with Crippen molar-refractivity contribution in [3.05, 3.63) is 101 Å². The van der Waals surface area contributed by atoms with Crippen LogP contribution in [0.25, 0.3) is 10.9 Å². The van der Waals surface area contributed by atoms with Gasteiger partial charge in [0.05, 0.1) is 5.52 Å². The maximum absolute atomic E-state index is 12.8. The number of carbonyl (C=O) groups excluding carboxylic acids is 1. The van der Waals surface area contributed by atoms with Gasteiger partial charge in [-0.25, -0.2) is 0 Å². The minimum atomic E-state index is 0.00965. The molecule has 4 aromatic rings. The van der Waals surface area contributed by atoms with Gasteiger partial charge >= 0.3 is 0 Å². The third-order valence-electron chi connectivity index (χ3n) is 6.46. The number of fused-ring (bicyclic) bond motifs is 1. The summed E-state index contributed by atoms with van der Waals surface area (Å²) < 4.78 is 6.12. The molecule has 0 aliphatic carbocycles. The minimum absolute atomic E-state index is 0.00965. The first-order chi connectivity index (χ1) is 17.6. The molecule has 1 amide bonds. The largest absolute Gasteiger partial charge is 0.489 e. The van der Waals surface area contributed by atoms with Gasteiger partial charge in [-0.3, -0.25) is 15.2 Å². The van der Waals surface area contributed by atoms with Crippen LogP contribution in [-0.2, 0) is 13.2 Å². The van der Waals surface area contributed by atoms with Crippen LogP contribution in [0.1, 0.15) is 39.9 Å². The highest BCUT2D eigenvalue weighted by molar-refractivity contribution is 6.00. The Bertz CT molecular complexity index is 1400. The summed E-state index contributed by atoms with van der Waals surface area (Å²) in [5, 5.41) is 12.3. The van der Waals surface area contributed by atoms with E-state index < -0.39 is 0 Å². The minimum Gasteiger partial charge on any atom is -0.489 e. The first kappa shape index (κ1) is 23.4. The molecule has 0 radical (unpaired) electrons. The van der Waals surface area contributed by atoms with E-state index in [0.717, 1.165) is 59.4 Å². The van der Waals surface area contributed by atoms with E-state index in [1.54, 1.807) is 12.3 Å². The standard InChI is InChI=1S/C29H29N5O2/c30-28(31)21-9-11-27(36-19-20-6-2-1-3-7-20)23(16-21)18-33-25-12-13-32-26-17-22(8-10-24(25)26)29(35)34-14-4-5-15-34/h1-3,6-13,16-17H,4-5,14-15,18-19H2,(H3,30,31)(H,32,33). The molecule has 0 atom stereocenters. The van der Waals surface area contributed by atoms with Gasteiger partial charge in [-0.15, -0.1) is 0 Å². The Morgan fingerprint density at radius 1 is 1.00 bits per heavy atom. The molecule has 0 saturated carbocycles. The molecule has 182 valence electrons. The molecule has 1 saturated heterocycles. The first-order valence-corrected chi connectivity index (χ1v) is 12.1. The fourth-order valence-electron chi connectivity index (χ4n) is 4.49. The molecule has 0 unspecified atom stereocenters. The normalized spacial score (nSPS) is 13.1. The Labute approximate surface area is 210 Å². The van der Waals surface area contributed by atoms with Gasteiger partial charge in [0.15, 0.2) is 0 Å². The lowest BCUT2D eigenvalue weighted by Gasteiger charge is -2.17. The number of nitrogen functional groups attached to an aromatic ring is 1. The van der Waals surface area contributed by atoms with Crippen LogP contribution in [0.15, 0.2) is 79.0 Å². The van der Waals surface area contributed by atoms with Crippen molar-refractivity contribution < 1.29 is 9.53 Å². The van der Waals surface area contributed by atoms with Crippen LogP contribution in [0.5, 0.6) is 5.75 Å². The maximum Gasteiger partial charge on any atom is 0.253 e. The van der Waals surface area contributed by atoms with E-state index in [-0.39, 0.29) is 11.7 Å². The van der Waals surface area contributed by atoms with Crippen molar-refractivity contribution in [2.24, 2.45) is 5.73 Å². The summed E-state index contributed by atoms with van der Waals surface area (Å²) >= 11 is 0. The number of hydrogen-bond acceptors (Lipinski definition) is 5. The number of nitrogens with two attached hydrogens (primary N) is 1. The number of amides is 1. The second-order valence-electron chi connectivity index (χ2n) is 8.95. The van der Waals surface area contributed by atoms with Crippen molar-refractivity contribution in [1.82, 2.24) is 9.88 Å². The fraction of sp³-hybridized carbons (Fsp3) is 0.207. The summed E-state index contributed by atoms with van der Waals surface area (Å²) in [7, 11) is 0. The van der Waals surface area contributed by atoms with E-state index in [0.29, 0.717) is 24.3 Å². The number of rotatable bonds is 8. The number of likely N-dealkylation sites (tertiary alicyclic amines) is 1. The Morgan fingerprint density at radius 2 is 1.78 bits per heavy atom. The SMILES string of the molecule is N=C(N)c1ccc(OCc2ccccc2)c(CNc2ccnc3cc(C(=O)N4CCCC4)ccc23)c1. The summed E-state index contributed by atoms with van der Waals surface area (Å²) in [6, 6.07) is 23.1. The predicted octanol–water partition coefficient (Wildman–Crippen LogP) is 4.95. The molecule has 3 aromatic carbocycles. The van der Waals surface area contributed by atoms with Gasteiger partial charge in [-0.05, 0) is 60.9 Å². The lowest BCUT2D eigenvalue weighted by atomic mass is 10.1. The Hall–Kier alpha value is -4.39. The molecule has 7 nitrogen and oxygen atoms in total. The Balaban J connectivity index is 1.37. The number of nitrogens with one attached hydrogen (secondary N) is 2. The van der Waals surface area contributed by atoms with Gasteiger partial charge in [-0.1, -0.05) is 30.3 Å². The monoisotopic (exact) mass is 479 g/mol. The van der Waals surface area contributed by atoms with Gasteiger partial charge in [0.1, 0.15) is 18.2 Å². The molecule has 36 heavy (non-hydrogen) atoms. The van der Waals surface area contributed by atoms with Crippen LogP contribution >= 0.6 is 0 Å². The van der Waals surface area contributed by atoms with Crippen molar-refractivity contribution in [2.75, 3.05) is 18.4 Å². The van der Waals surface area contributed by atoms with Gasteiger partial charge in [0.25, 0.3) is 5.91 Å². The highest BCUT2D eigenvalue weighted by Crippen LogP contribution is 2.27. The van der Waals surface area contributed by atoms with Crippen LogP contribution in [-0.4, -0.2) is 34.7 Å². The molecule has 1 fully saturated rings. The van der Waals surface area contributed by atoms with E-state index >= 15 is 0 Å². The smallest absolute Gasteiger partial charge is 0.253 e. The second kappa shape index (κ2) is 10.5. The maximum atomic E-state index is 12.8. The van der Waals surface area contributed by atoms with Gasteiger partial charge in [0, 0.05) is 53.6 Å². The number of anilines is 1. The quantitative estimate of drug-likeness (QED) is 0.245. The molecule has 0 bridgehead atoms. The summed E-state index contributed by atoms with van der Waals surface area (Å²) in [6.07, 6.45) is 3.87. The van der Waals surface area contributed by atoms with Crippen molar-refractivity contribution in [3.63, 3.8) is 0 Å². The number of aromatic nitrogens is 1. The molecule has 1 aliphatic rings. The lowest BCUT2D eigenvalue weighted by molar-refractivity contribution is 0.0793. The van der Waals surface area contributed by atoms with Crippen LogP contribution in [0.4, 0.5) is 5.69 Å². The number of hydrogen-bond donors (Lipinski definition) is 3. The summed E-state index contributed by atoms with van der Waals surface area (Å²) in [5.74, 6) is 0.805. The van der Waals surface area contributed by atoms with Crippen molar-refractivity contribution in [2.45, 2.75) is 26.0 Å². The van der Waals surface area contributed by atoms with Gasteiger partial charge in [0.2, 0.25) is 0 Å². The third kappa shape index (κ3) is 5.15. The highest BCUT2D eigenvalue weighted by atomic mass is 16.5. The molecule has 2 heterocycles. The number of carbonyl (C=O) groups is 1. The average Bonchev–Trinajstić information content (AvgIpc) is 3.46. The molecule has 7 heteroatoms. The van der Waals surface area contributed by atoms with E-state index in [1.807, 2.05) is 71.6 Å². The van der Waals surface area contributed by atoms with E-state index in [2.05, 4.69) is 10.3 Å². The number of nitrogens with zero attached hydrogens (tertiary/aromatic N) is 2. The molecule has 5 rings (SSSR count). The summed E-state index contributed by atoms with van der Waals surface area (Å²) in [4.78, 5) is 19.2. The Morgan fingerprint density at radius 3 is 2.56 bits per heavy atom. The Kier molecular flexibility index (Phi) is 6.80. The summed E-state index contributed by atoms with van der Waals surface area (Å²) in [5.41, 5.74) is 10.7. The predicted molar refractivity (Wildman–Crippen MR) is 142 cm³/mol. The molecule has 1 aliphatic heterocycles. The molecular formula is C29H29N5O2. The molecule has 4 N–H and O–H groups in total. The van der Waals surface area contributed by atoms with Crippen LogP contribution in [0.2, 0.25) is 0 Å². The molecular weight excluding hydrogens is 450 g/mol. The number of benzene rings is 3. The fourth-order valence-corrected chi connectivity index (χ4v) is 4.49. The average molecular weight is 480 g/mol. The van der Waals surface area contributed by atoms with Gasteiger partial charge in [-0.2, -0.15) is 0 Å². The zero-order valence-electron chi connectivity index (χ0n) is 20.0. The zero-order valence-corrected chi connectivity index (χ0v) is 20.0. The number of ether oxygens (including phenoxy) is 1. The first-order valence-electron chi connectivity index (χ1n) is 12.1. The zero-order chi connectivity index (χ0) is 24.9. The number of amidine groups is 1. The lowest BCUT2D eigenvalue weighted by Crippen LogP contribution is -2.27. The third-order valence-corrected chi connectivity index (χ3v) is 6.46. The van der Waals surface area contributed by atoms with E-state index in [9.17, 15) is 4.79 Å². The van der Waals surface area contributed by atoms with Crippen molar-refractivity contribution in [1.29, 1.82) is 5.41 Å². The highest BCUT2D eigenvalue weighted by Gasteiger charge is 2.20. The topological polar surface area (TPSA) is 104 Å². The van der Waals surface area contributed by atoms with Crippen LogP contribution < -0.4 is 15.8 Å². The van der Waals surface area contributed by atoms with Crippen molar-refractivity contribution in [3.8, 4) is 5.75 Å². The van der Waals surface area contributed by atoms with Crippen molar-refractivity contribution >= 4 is 28.3 Å². The molecule has 0 spiro atoms. The van der Waals surface area contributed by atoms with E-state index in [4.69, 9.17) is 15.9 Å². The summed E-state index contributed by atoms with van der Waals surface area (Å²) in [6.45, 7) is 2.55. The molecule has 1 aromatic heterocycles. The van der Waals surface area contributed by atoms with Gasteiger partial charge < -0.3 is 20.7 Å².